The molecule has 172 valence electrons. The molecule has 0 heterocycles. The minimum Gasteiger partial charge on any atom is -0.867 e. The monoisotopic (exact) mass is 496 g/mol. The minimum atomic E-state index is -3.49. The van der Waals surface area contributed by atoms with Crippen molar-refractivity contribution in [2.24, 2.45) is 0 Å². The first-order valence-corrected chi connectivity index (χ1v) is 13.2. The molecule has 4 aromatic carbocycles. The summed E-state index contributed by atoms with van der Waals surface area (Å²) in [6.07, 6.45) is 2.12. The molecule has 34 heavy (non-hydrogen) atoms. The van der Waals surface area contributed by atoms with E-state index in [1.165, 1.54) is 36.4 Å². The van der Waals surface area contributed by atoms with E-state index in [-0.39, 0.29) is 31.9 Å². The van der Waals surface area contributed by atoms with Gasteiger partial charge in [-0.25, -0.2) is 16.8 Å². The maximum absolute atomic E-state index is 11.8. The summed E-state index contributed by atoms with van der Waals surface area (Å²) in [6, 6.07) is 14.6. The van der Waals surface area contributed by atoms with E-state index in [1.54, 1.807) is 18.2 Å². The molecule has 0 aromatic heterocycles. The van der Waals surface area contributed by atoms with Crippen molar-refractivity contribution in [3.63, 3.8) is 0 Å². The van der Waals surface area contributed by atoms with Crippen molar-refractivity contribution < 1.29 is 27.0 Å². The summed E-state index contributed by atoms with van der Waals surface area (Å²) in [4.78, 5) is 5.75. The second-order valence-corrected chi connectivity index (χ2v) is 11.2. The number of diazo groups is 2. The number of nitrogens with zero attached hydrogens (tertiary/aromatic N) is 4. The Kier molecular flexibility index (Phi) is 6.41. The van der Waals surface area contributed by atoms with Crippen LogP contribution in [0.4, 0.5) is 11.4 Å². The average molecular weight is 497 g/mol. The Balaban J connectivity index is 0.000000191. The lowest BCUT2D eigenvalue weighted by molar-refractivity contribution is -0.265. The summed E-state index contributed by atoms with van der Waals surface area (Å²) in [6.45, 7) is 0. The molecule has 0 amide bonds. The fourth-order valence-corrected chi connectivity index (χ4v) is 5.18. The average Bonchev–Trinajstić information content (AvgIpc) is 2.78. The van der Waals surface area contributed by atoms with Crippen molar-refractivity contribution in [3.05, 3.63) is 70.6 Å². The highest BCUT2D eigenvalue weighted by atomic mass is 32.2. The van der Waals surface area contributed by atoms with Crippen molar-refractivity contribution in [3.8, 4) is 11.5 Å². The van der Waals surface area contributed by atoms with Gasteiger partial charge in [-0.05, 0) is 34.4 Å². The molecule has 0 bridgehead atoms. The second kappa shape index (κ2) is 8.94. The summed E-state index contributed by atoms with van der Waals surface area (Å²) < 4.78 is 46.3. The third-order valence-corrected chi connectivity index (χ3v) is 7.19. The van der Waals surface area contributed by atoms with Gasteiger partial charge in [0.2, 0.25) is 10.8 Å². The number of sulfone groups is 2. The van der Waals surface area contributed by atoms with Crippen molar-refractivity contribution in [1.82, 2.24) is 0 Å². The molecule has 0 N–H and O–H groups in total. The quantitative estimate of drug-likeness (QED) is 0.379. The molecule has 0 aliphatic carbocycles. The Morgan fingerprint density at radius 3 is 1.62 bits per heavy atom. The highest BCUT2D eigenvalue weighted by Gasteiger charge is 2.20. The van der Waals surface area contributed by atoms with Crippen molar-refractivity contribution in [2.45, 2.75) is 9.79 Å². The Morgan fingerprint density at radius 1 is 0.618 bits per heavy atom. The van der Waals surface area contributed by atoms with Gasteiger partial charge in [0.1, 0.15) is 0 Å². The van der Waals surface area contributed by atoms with Crippen LogP contribution < -0.4 is 10.2 Å². The van der Waals surface area contributed by atoms with E-state index in [9.17, 15) is 27.0 Å². The van der Waals surface area contributed by atoms with Gasteiger partial charge in [-0.2, -0.15) is 0 Å². The van der Waals surface area contributed by atoms with Crippen LogP contribution in [0.15, 0.2) is 70.5 Å². The number of hydrogen-bond acceptors (Lipinski definition) is 8. The maximum atomic E-state index is 11.8. The number of rotatable bonds is 2. The van der Waals surface area contributed by atoms with Crippen LogP contribution in [0.5, 0.6) is 11.5 Å². The zero-order chi connectivity index (χ0) is 25.3. The Labute approximate surface area is 194 Å². The number of hydrogen-bond donors (Lipinski definition) is 0. The fraction of sp³-hybridized carbons (Fsp3) is 0.0909. The first-order valence-electron chi connectivity index (χ1n) is 9.46. The van der Waals surface area contributed by atoms with Gasteiger partial charge in [0.05, 0.1) is 15.9 Å². The molecule has 10 nitrogen and oxygen atoms in total. The van der Waals surface area contributed by atoms with Gasteiger partial charge in [-0.3, -0.25) is 0 Å². The summed E-state index contributed by atoms with van der Waals surface area (Å²) >= 11 is 0. The van der Waals surface area contributed by atoms with E-state index in [2.05, 4.69) is 9.95 Å². The highest BCUT2D eigenvalue weighted by Crippen LogP contribution is 2.37. The lowest BCUT2D eigenvalue weighted by atomic mass is 10.1. The van der Waals surface area contributed by atoms with Crippen molar-refractivity contribution in [1.29, 1.82) is 10.8 Å². The standard InChI is InChI=1S/2C11H8N2O3S/c1-17(15,16)10-4-2-3-8-7(10)5-6-9(13-12)11(8)14;1-17(15,16)10-6-9(13-12)11(14)8-5-3-2-4-7(8)10/h2*2-6H,1H3. The Bertz CT molecular complexity index is 1730. The smallest absolute Gasteiger partial charge is 0.379 e. The fourth-order valence-electron chi connectivity index (χ4n) is 3.37. The summed E-state index contributed by atoms with van der Waals surface area (Å²) in [5.74, 6) is -0.981. The predicted octanol–water partition coefficient (Wildman–Crippen LogP) is 3.60. The maximum Gasteiger partial charge on any atom is 0.379 e. The molecule has 0 fully saturated rings. The molecule has 0 saturated heterocycles. The van der Waals surface area contributed by atoms with Gasteiger partial charge in [0.15, 0.2) is 29.6 Å². The third-order valence-electron chi connectivity index (χ3n) is 4.90. The van der Waals surface area contributed by atoms with E-state index >= 15 is 0 Å². The van der Waals surface area contributed by atoms with Gasteiger partial charge < -0.3 is 10.2 Å². The van der Waals surface area contributed by atoms with Gasteiger partial charge >= 0.3 is 11.4 Å². The van der Waals surface area contributed by atoms with Crippen LogP contribution in [0.25, 0.3) is 31.5 Å². The molecule has 4 rings (SSSR count). The molecule has 0 aliphatic rings. The van der Waals surface area contributed by atoms with E-state index in [0.29, 0.717) is 10.8 Å². The predicted molar refractivity (Wildman–Crippen MR) is 122 cm³/mol. The van der Waals surface area contributed by atoms with Crippen LogP contribution in [0.3, 0.4) is 0 Å². The molecule has 12 heteroatoms. The van der Waals surface area contributed by atoms with Crippen LogP contribution >= 0.6 is 0 Å². The van der Waals surface area contributed by atoms with E-state index in [1.807, 2.05) is 0 Å². The second-order valence-electron chi connectivity index (χ2n) is 7.28. The first kappa shape index (κ1) is 24.4. The van der Waals surface area contributed by atoms with E-state index in [4.69, 9.17) is 10.8 Å². The topological polar surface area (TPSA) is 171 Å². The third kappa shape index (κ3) is 4.59. The van der Waals surface area contributed by atoms with Crippen molar-refractivity contribution >= 4 is 52.6 Å². The summed E-state index contributed by atoms with van der Waals surface area (Å²) in [7, 11) is -6.89. The molecule has 0 aliphatic heterocycles. The van der Waals surface area contributed by atoms with Crippen LogP contribution in [0.2, 0.25) is 0 Å². The van der Waals surface area contributed by atoms with Crippen LogP contribution in [-0.2, 0) is 19.7 Å². The van der Waals surface area contributed by atoms with Gasteiger partial charge in [0, 0.05) is 29.4 Å². The number of fused-ring (bicyclic) bond motifs is 2. The van der Waals surface area contributed by atoms with Gasteiger partial charge in [-0.15, -0.1) is 0 Å². The Hall–Kier alpha value is -4.26. The summed E-state index contributed by atoms with van der Waals surface area (Å²) in [5.41, 5.74) is -0.382. The van der Waals surface area contributed by atoms with Gasteiger partial charge in [-0.1, -0.05) is 36.4 Å². The molecule has 0 spiro atoms. The molecule has 0 radical (unpaired) electrons. The van der Waals surface area contributed by atoms with Gasteiger partial charge in [0.25, 0.3) is 0 Å². The molecular formula is C22H16N4O6S2. The van der Waals surface area contributed by atoms with Crippen LogP contribution in [-0.4, -0.2) is 29.3 Å². The molecular weight excluding hydrogens is 480 g/mol. The lowest BCUT2D eigenvalue weighted by Gasteiger charge is -2.10. The molecule has 0 saturated carbocycles. The Morgan fingerprint density at radius 2 is 1.09 bits per heavy atom. The normalized spacial score (nSPS) is 11.3. The van der Waals surface area contributed by atoms with Crippen molar-refractivity contribution in [2.75, 3.05) is 12.5 Å². The molecule has 0 atom stereocenters. The zero-order valence-corrected chi connectivity index (χ0v) is 19.5. The SMILES string of the molecule is CS(=O)(=O)c1cc([N+]#N)c([O-])c2ccccc12.CS(=O)(=O)c1cccc2c([O-])c([N+]#N)ccc12. The highest BCUT2D eigenvalue weighted by molar-refractivity contribution is 7.91. The van der Waals surface area contributed by atoms with E-state index < -0.39 is 31.2 Å². The molecule has 4 aromatic rings. The largest absolute Gasteiger partial charge is 0.867 e. The summed E-state index contributed by atoms with van der Waals surface area (Å²) in [5, 5.41) is 42.0. The number of benzene rings is 4. The zero-order valence-electron chi connectivity index (χ0n) is 17.8. The molecule has 0 unspecified atom stereocenters. The lowest BCUT2D eigenvalue weighted by Crippen LogP contribution is -2.00. The van der Waals surface area contributed by atoms with Crippen LogP contribution in [0.1, 0.15) is 0 Å². The first-order chi connectivity index (χ1) is 15.9. The van der Waals surface area contributed by atoms with E-state index in [0.717, 1.165) is 18.6 Å². The van der Waals surface area contributed by atoms with Crippen LogP contribution in [0, 0.1) is 10.8 Å². The minimum absolute atomic E-state index is 0.0134.